The summed E-state index contributed by atoms with van der Waals surface area (Å²) in [6, 6.07) is 18.8. The van der Waals surface area contributed by atoms with E-state index < -0.39 is 0 Å². The van der Waals surface area contributed by atoms with Gasteiger partial charge in [-0.05, 0) is 37.3 Å². The van der Waals surface area contributed by atoms with Gasteiger partial charge < -0.3 is 14.2 Å². The largest absolute Gasteiger partial charge is 0.496 e. The summed E-state index contributed by atoms with van der Waals surface area (Å²) >= 11 is 7.35. The van der Waals surface area contributed by atoms with Crippen LogP contribution in [0.1, 0.15) is 11.1 Å². The van der Waals surface area contributed by atoms with Gasteiger partial charge in [-0.3, -0.25) is 9.36 Å². The van der Waals surface area contributed by atoms with Gasteiger partial charge in [-0.15, -0.1) is 10.2 Å². The molecule has 0 fully saturated rings. The van der Waals surface area contributed by atoms with Crippen molar-refractivity contribution in [2.24, 2.45) is 5.10 Å². The standard InChI is InChI=1S/C27H26ClN5O4S/c1-17-5-7-18(8-6-17)26-31-32-27(33(26)21-11-9-20(28)10-12-21)38-16-25(34)30-29-15-19-13-23(36-3)24(37-4)14-22(19)35-2/h5-15H,16H2,1-4H3,(H,30,34). The lowest BCUT2D eigenvalue weighted by molar-refractivity contribution is -0.118. The van der Waals surface area contributed by atoms with Gasteiger partial charge in [0.2, 0.25) is 0 Å². The van der Waals surface area contributed by atoms with Crippen LogP contribution in [-0.4, -0.2) is 54.0 Å². The van der Waals surface area contributed by atoms with E-state index >= 15 is 0 Å². The fourth-order valence-electron chi connectivity index (χ4n) is 3.57. The Morgan fingerprint density at radius 1 is 0.974 bits per heavy atom. The quantitative estimate of drug-likeness (QED) is 0.165. The summed E-state index contributed by atoms with van der Waals surface area (Å²) in [5.41, 5.74) is 6.03. The molecule has 1 amide bonds. The third kappa shape index (κ3) is 6.27. The summed E-state index contributed by atoms with van der Waals surface area (Å²) in [4.78, 5) is 12.6. The maximum absolute atomic E-state index is 12.6. The third-order valence-electron chi connectivity index (χ3n) is 5.49. The summed E-state index contributed by atoms with van der Waals surface area (Å²) in [6.07, 6.45) is 1.48. The first kappa shape index (κ1) is 27.0. The zero-order valence-electron chi connectivity index (χ0n) is 21.3. The van der Waals surface area contributed by atoms with Crippen molar-refractivity contribution in [3.63, 3.8) is 0 Å². The predicted molar refractivity (Wildman–Crippen MR) is 149 cm³/mol. The van der Waals surface area contributed by atoms with Gasteiger partial charge in [0.05, 0.1) is 33.3 Å². The Labute approximate surface area is 229 Å². The first-order chi connectivity index (χ1) is 18.4. The summed E-state index contributed by atoms with van der Waals surface area (Å²) in [7, 11) is 4.62. The maximum atomic E-state index is 12.6. The van der Waals surface area contributed by atoms with E-state index in [9.17, 15) is 4.79 Å². The molecule has 196 valence electrons. The highest BCUT2D eigenvalue weighted by Crippen LogP contribution is 2.34. The van der Waals surface area contributed by atoms with Gasteiger partial charge in [0.15, 0.2) is 22.5 Å². The summed E-state index contributed by atoms with van der Waals surface area (Å²) in [5, 5.41) is 14.0. The Balaban J connectivity index is 1.50. The van der Waals surface area contributed by atoms with Crippen molar-refractivity contribution in [1.29, 1.82) is 0 Å². The monoisotopic (exact) mass is 551 g/mol. The van der Waals surface area contributed by atoms with Crippen LogP contribution < -0.4 is 19.6 Å². The van der Waals surface area contributed by atoms with E-state index in [1.807, 2.05) is 47.9 Å². The van der Waals surface area contributed by atoms with E-state index in [4.69, 9.17) is 25.8 Å². The summed E-state index contributed by atoms with van der Waals surface area (Å²) in [6.45, 7) is 2.03. The smallest absolute Gasteiger partial charge is 0.250 e. The lowest BCUT2D eigenvalue weighted by atomic mass is 10.1. The van der Waals surface area contributed by atoms with E-state index in [0.29, 0.717) is 38.8 Å². The molecular weight excluding hydrogens is 526 g/mol. The van der Waals surface area contributed by atoms with Crippen molar-refractivity contribution in [1.82, 2.24) is 20.2 Å². The zero-order chi connectivity index (χ0) is 27.1. The van der Waals surface area contributed by atoms with Crippen LogP contribution in [0.5, 0.6) is 17.2 Å². The Kier molecular flexibility index (Phi) is 8.88. The molecule has 1 heterocycles. The Bertz CT molecular complexity index is 1440. The van der Waals surface area contributed by atoms with Crippen molar-refractivity contribution >= 4 is 35.5 Å². The summed E-state index contributed by atoms with van der Waals surface area (Å²) in [5.74, 6) is 1.98. The molecule has 0 saturated heterocycles. The number of nitrogens with zero attached hydrogens (tertiary/aromatic N) is 4. The van der Waals surface area contributed by atoms with E-state index in [1.165, 1.54) is 32.2 Å². The number of aromatic nitrogens is 3. The number of aryl methyl sites for hydroxylation is 1. The number of hydrogen-bond acceptors (Lipinski definition) is 8. The van der Waals surface area contributed by atoms with Gasteiger partial charge in [-0.2, -0.15) is 5.10 Å². The molecule has 0 bridgehead atoms. The van der Waals surface area contributed by atoms with E-state index in [0.717, 1.165) is 16.8 Å². The van der Waals surface area contributed by atoms with E-state index in [-0.39, 0.29) is 11.7 Å². The molecule has 1 N–H and O–H groups in total. The molecule has 0 aliphatic carbocycles. The van der Waals surface area contributed by atoms with E-state index in [2.05, 4.69) is 20.7 Å². The number of halogens is 1. The number of carbonyl (C=O) groups excluding carboxylic acids is 1. The second kappa shape index (κ2) is 12.5. The van der Waals surface area contributed by atoms with Gasteiger partial charge in [0, 0.05) is 27.9 Å². The van der Waals surface area contributed by atoms with Crippen LogP contribution in [0.2, 0.25) is 5.02 Å². The van der Waals surface area contributed by atoms with Crippen LogP contribution in [-0.2, 0) is 4.79 Å². The minimum Gasteiger partial charge on any atom is -0.496 e. The molecule has 11 heteroatoms. The second-order valence-corrected chi connectivity index (χ2v) is 9.39. The lowest BCUT2D eigenvalue weighted by Gasteiger charge is -2.11. The molecule has 38 heavy (non-hydrogen) atoms. The number of ether oxygens (including phenoxy) is 3. The number of amides is 1. The highest BCUT2D eigenvalue weighted by Gasteiger charge is 2.17. The fourth-order valence-corrected chi connectivity index (χ4v) is 4.44. The molecule has 0 spiro atoms. The Morgan fingerprint density at radius 3 is 2.29 bits per heavy atom. The molecule has 4 rings (SSSR count). The number of benzene rings is 3. The molecule has 1 aromatic heterocycles. The molecule has 4 aromatic rings. The van der Waals surface area contributed by atoms with Gasteiger partial charge in [-0.25, -0.2) is 5.43 Å². The number of nitrogens with one attached hydrogen (secondary N) is 1. The van der Waals surface area contributed by atoms with Gasteiger partial charge >= 0.3 is 0 Å². The number of methoxy groups -OCH3 is 3. The van der Waals surface area contributed by atoms with E-state index in [1.54, 1.807) is 31.4 Å². The van der Waals surface area contributed by atoms with Gasteiger partial charge in [0.1, 0.15) is 5.75 Å². The van der Waals surface area contributed by atoms with Crippen LogP contribution in [0.15, 0.2) is 70.9 Å². The molecule has 0 atom stereocenters. The Morgan fingerprint density at radius 2 is 1.63 bits per heavy atom. The zero-order valence-corrected chi connectivity index (χ0v) is 22.8. The minimum atomic E-state index is -0.312. The first-order valence-corrected chi connectivity index (χ1v) is 12.8. The number of hydrogen-bond donors (Lipinski definition) is 1. The highest BCUT2D eigenvalue weighted by atomic mass is 35.5. The molecule has 9 nitrogen and oxygen atoms in total. The van der Waals surface area contributed by atoms with Crippen LogP contribution in [0, 0.1) is 6.92 Å². The number of rotatable bonds is 10. The second-order valence-electron chi connectivity index (χ2n) is 8.02. The summed E-state index contributed by atoms with van der Waals surface area (Å²) < 4.78 is 17.9. The topological polar surface area (TPSA) is 99.9 Å². The fraction of sp³-hybridized carbons (Fsp3) is 0.185. The predicted octanol–water partition coefficient (Wildman–Crippen LogP) is 5.16. The molecule has 0 aliphatic heterocycles. The minimum absolute atomic E-state index is 0.0695. The van der Waals surface area contributed by atoms with Crippen molar-refractivity contribution in [2.75, 3.05) is 27.1 Å². The average molecular weight is 552 g/mol. The number of hydrazone groups is 1. The van der Waals surface area contributed by atoms with Crippen LogP contribution in [0.25, 0.3) is 17.1 Å². The molecule has 0 radical (unpaired) electrons. The lowest BCUT2D eigenvalue weighted by Crippen LogP contribution is -2.20. The first-order valence-electron chi connectivity index (χ1n) is 11.5. The molecule has 3 aromatic carbocycles. The van der Waals surface area contributed by atoms with Crippen LogP contribution in [0.3, 0.4) is 0 Å². The molecule has 0 saturated carbocycles. The Hall–Kier alpha value is -4.02. The van der Waals surface area contributed by atoms with Gasteiger partial charge in [0.25, 0.3) is 5.91 Å². The van der Waals surface area contributed by atoms with Crippen molar-refractivity contribution in [3.05, 3.63) is 76.8 Å². The SMILES string of the molecule is COc1cc(OC)c(OC)cc1C=NNC(=O)CSc1nnc(-c2ccc(C)cc2)n1-c1ccc(Cl)cc1. The van der Waals surface area contributed by atoms with Gasteiger partial charge in [-0.1, -0.05) is 53.2 Å². The normalized spacial score (nSPS) is 11.0. The highest BCUT2D eigenvalue weighted by molar-refractivity contribution is 7.99. The van der Waals surface area contributed by atoms with Crippen molar-refractivity contribution in [2.45, 2.75) is 12.1 Å². The average Bonchev–Trinajstić information content (AvgIpc) is 3.36. The molecule has 0 unspecified atom stereocenters. The van der Waals surface area contributed by atoms with Crippen molar-refractivity contribution < 1.29 is 19.0 Å². The van der Waals surface area contributed by atoms with Crippen LogP contribution in [0.4, 0.5) is 0 Å². The molecule has 0 aliphatic rings. The number of carbonyl (C=O) groups is 1. The molecular formula is C27H26ClN5O4S. The third-order valence-corrected chi connectivity index (χ3v) is 6.67. The maximum Gasteiger partial charge on any atom is 0.250 e. The van der Waals surface area contributed by atoms with Crippen LogP contribution >= 0.6 is 23.4 Å². The van der Waals surface area contributed by atoms with Crippen molar-refractivity contribution in [3.8, 4) is 34.3 Å². The number of thioether (sulfide) groups is 1.